The van der Waals surface area contributed by atoms with Crippen molar-refractivity contribution < 1.29 is 9.72 Å². The Morgan fingerprint density at radius 2 is 1.95 bits per heavy atom. The summed E-state index contributed by atoms with van der Waals surface area (Å²) in [6.07, 6.45) is 1.02. The molecule has 0 aromatic heterocycles. The zero-order chi connectivity index (χ0) is 15.9. The molecule has 0 atom stereocenters. The number of rotatable bonds is 5. The van der Waals surface area contributed by atoms with Crippen LogP contribution >= 0.6 is 0 Å². The average molecular weight is 298 g/mol. The first kappa shape index (κ1) is 15.2. The normalized spacial score (nSPS) is 10.4. The van der Waals surface area contributed by atoms with Crippen LogP contribution in [0.4, 0.5) is 17.1 Å². The molecule has 2 aromatic carbocycles. The van der Waals surface area contributed by atoms with Gasteiger partial charge in [0.15, 0.2) is 0 Å². The summed E-state index contributed by atoms with van der Waals surface area (Å²) < 4.78 is 0. The molecule has 2 N–H and O–H groups in total. The number of nitro groups is 1. The largest absolute Gasteiger partial charge is 0.321 e. The van der Waals surface area contributed by atoms with Crippen molar-refractivity contribution in [2.24, 2.45) is 5.10 Å². The van der Waals surface area contributed by atoms with E-state index in [-0.39, 0.29) is 11.4 Å². The van der Waals surface area contributed by atoms with Gasteiger partial charge in [0.1, 0.15) is 11.9 Å². The lowest BCUT2D eigenvalue weighted by Crippen LogP contribution is -2.13. The van der Waals surface area contributed by atoms with Crippen LogP contribution in [0.25, 0.3) is 0 Å². The van der Waals surface area contributed by atoms with Crippen molar-refractivity contribution >= 4 is 29.2 Å². The molecule has 0 saturated carbocycles. The van der Waals surface area contributed by atoms with Crippen LogP contribution in [0.15, 0.2) is 53.6 Å². The van der Waals surface area contributed by atoms with Crippen molar-refractivity contribution in [3.63, 3.8) is 0 Å². The van der Waals surface area contributed by atoms with E-state index in [9.17, 15) is 14.9 Å². The van der Waals surface area contributed by atoms with Crippen LogP contribution < -0.4 is 10.7 Å². The second kappa shape index (κ2) is 6.98. The van der Waals surface area contributed by atoms with E-state index in [1.807, 2.05) is 6.07 Å². The maximum Gasteiger partial charge on any atom is 0.294 e. The molecule has 2 rings (SSSR count). The Morgan fingerprint density at radius 1 is 1.23 bits per heavy atom. The predicted octanol–water partition coefficient (Wildman–Crippen LogP) is 2.94. The van der Waals surface area contributed by atoms with Crippen LogP contribution in [0, 0.1) is 17.0 Å². The Hall–Kier alpha value is -3.22. The number of hydrazone groups is 1. The summed E-state index contributed by atoms with van der Waals surface area (Å²) >= 11 is 0. The highest BCUT2D eigenvalue weighted by Gasteiger charge is 2.12. The van der Waals surface area contributed by atoms with E-state index in [0.29, 0.717) is 5.69 Å². The van der Waals surface area contributed by atoms with Crippen LogP contribution in [-0.4, -0.2) is 17.0 Å². The number of nitro benzene ring substituents is 1. The molecule has 0 fully saturated rings. The highest BCUT2D eigenvalue weighted by atomic mass is 16.6. The van der Waals surface area contributed by atoms with Gasteiger partial charge in [-0.25, -0.2) is 0 Å². The maximum atomic E-state index is 11.6. The van der Waals surface area contributed by atoms with Gasteiger partial charge in [0.05, 0.1) is 4.92 Å². The fourth-order valence-corrected chi connectivity index (χ4v) is 1.74. The zero-order valence-electron chi connectivity index (χ0n) is 11.8. The van der Waals surface area contributed by atoms with Crippen molar-refractivity contribution in [2.45, 2.75) is 6.92 Å². The number of carbonyl (C=O) groups excluding carboxylic acids is 1. The van der Waals surface area contributed by atoms with Gasteiger partial charge in [-0.05, 0) is 30.7 Å². The Labute approximate surface area is 126 Å². The van der Waals surface area contributed by atoms with E-state index in [4.69, 9.17) is 0 Å². The molecule has 7 heteroatoms. The molecule has 0 aliphatic heterocycles. The van der Waals surface area contributed by atoms with E-state index in [2.05, 4.69) is 15.8 Å². The van der Waals surface area contributed by atoms with Gasteiger partial charge in [0, 0.05) is 11.8 Å². The molecule has 22 heavy (non-hydrogen) atoms. The van der Waals surface area contributed by atoms with Gasteiger partial charge in [0.25, 0.3) is 11.6 Å². The van der Waals surface area contributed by atoms with Gasteiger partial charge in [-0.2, -0.15) is 5.10 Å². The first-order valence-electron chi connectivity index (χ1n) is 6.46. The van der Waals surface area contributed by atoms with Crippen LogP contribution in [0.3, 0.4) is 0 Å². The Balaban J connectivity index is 2.00. The molecule has 0 radical (unpaired) electrons. The minimum absolute atomic E-state index is 0.0967. The average Bonchev–Trinajstić information content (AvgIpc) is 2.49. The van der Waals surface area contributed by atoms with E-state index in [1.165, 1.54) is 6.07 Å². The van der Waals surface area contributed by atoms with Gasteiger partial charge in [-0.3, -0.25) is 20.3 Å². The first-order chi connectivity index (χ1) is 10.6. The van der Waals surface area contributed by atoms with Gasteiger partial charge in [-0.15, -0.1) is 0 Å². The third-order valence-electron chi connectivity index (χ3n) is 2.76. The van der Waals surface area contributed by atoms with Crippen LogP contribution in [0.2, 0.25) is 0 Å². The lowest BCUT2D eigenvalue weighted by atomic mass is 10.2. The summed E-state index contributed by atoms with van der Waals surface area (Å²) in [5.74, 6) is -0.437. The van der Waals surface area contributed by atoms with Crippen LogP contribution in [0.1, 0.15) is 5.56 Å². The summed E-state index contributed by atoms with van der Waals surface area (Å²) in [5.41, 5.74) is 4.04. The number of hydrogen-bond acceptors (Lipinski definition) is 5. The second-order valence-corrected chi connectivity index (χ2v) is 4.50. The lowest BCUT2D eigenvalue weighted by molar-refractivity contribution is -0.384. The van der Waals surface area contributed by atoms with Gasteiger partial charge in [0.2, 0.25) is 0 Å². The van der Waals surface area contributed by atoms with Crippen molar-refractivity contribution in [3.05, 3.63) is 64.2 Å². The summed E-state index contributed by atoms with van der Waals surface area (Å²) in [7, 11) is 0. The second-order valence-electron chi connectivity index (χ2n) is 4.50. The van der Waals surface area contributed by atoms with Gasteiger partial charge in [-0.1, -0.05) is 24.3 Å². The standard InChI is InChI=1S/C15H14N4O3/c1-11-7-8-13(14(9-11)19(21)22)18-16-10-15(20)17-12-5-3-2-4-6-12/h2-10,18H,1H3,(H,17,20)/b16-10+. The summed E-state index contributed by atoms with van der Waals surface area (Å²) in [5, 5.41) is 17.3. The Bertz CT molecular complexity index is 714. The van der Waals surface area contributed by atoms with Crippen LogP contribution in [0.5, 0.6) is 0 Å². The summed E-state index contributed by atoms with van der Waals surface area (Å²) in [6.45, 7) is 1.76. The summed E-state index contributed by atoms with van der Waals surface area (Å²) in [4.78, 5) is 22.1. The molecule has 7 nitrogen and oxygen atoms in total. The predicted molar refractivity (Wildman–Crippen MR) is 85.0 cm³/mol. The molecular formula is C15H14N4O3. The highest BCUT2D eigenvalue weighted by molar-refractivity contribution is 6.31. The van der Waals surface area contributed by atoms with E-state index in [0.717, 1.165) is 11.8 Å². The Kier molecular flexibility index (Phi) is 4.81. The Morgan fingerprint density at radius 3 is 2.64 bits per heavy atom. The molecule has 2 aromatic rings. The molecule has 0 spiro atoms. The van der Waals surface area contributed by atoms with Crippen LogP contribution in [-0.2, 0) is 4.79 Å². The molecule has 0 aliphatic rings. The molecule has 0 saturated heterocycles. The molecule has 112 valence electrons. The molecule has 0 heterocycles. The topological polar surface area (TPSA) is 96.6 Å². The number of aryl methyl sites for hydroxylation is 1. The number of anilines is 2. The lowest BCUT2D eigenvalue weighted by Gasteiger charge is -2.03. The number of amides is 1. The number of benzene rings is 2. The molecule has 0 aliphatic carbocycles. The fraction of sp³-hybridized carbons (Fsp3) is 0.0667. The molecule has 0 unspecified atom stereocenters. The monoisotopic (exact) mass is 298 g/mol. The summed E-state index contributed by atoms with van der Waals surface area (Å²) in [6, 6.07) is 13.6. The quantitative estimate of drug-likeness (QED) is 0.504. The zero-order valence-corrected chi connectivity index (χ0v) is 11.8. The van der Waals surface area contributed by atoms with E-state index >= 15 is 0 Å². The number of nitrogens with zero attached hydrogens (tertiary/aromatic N) is 2. The van der Waals surface area contributed by atoms with Crippen molar-refractivity contribution in [1.29, 1.82) is 0 Å². The van der Waals surface area contributed by atoms with Crippen molar-refractivity contribution in [2.75, 3.05) is 10.7 Å². The van der Waals surface area contributed by atoms with Crippen molar-refractivity contribution in [1.82, 2.24) is 0 Å². The third kappa shape index (κ3) is 4.14. The van der Waals surface area contributed by atoms with E-state index in [1.54, 1.807) is 43.3 Å². The smallest absolute Gasteiger partial charge is 0.294 e. The number of para-hydroxylation sites is 1. The first-order valence-corrected chi connectivity index (χ1v) is 6.46. The molecular weight excluding hydrogens is 284 g/mol. The third-order valence-corrected chi connectivity index (χ3v) is 2.76. The highest BCUT2D eigenvalue weighted by Crippen LogP contribution is 2.25. The van der Waals surface area contributed by atoms with E-state index < -0.39 is 10.8 Å². The van der Waals surface area contributed by atoms with Crippen molar-refractivity contribution in [3.8, 4) is 0 Å². The minimum Gasteiger partial charge on any atom is -0.321 e. The number of nitrogens with one attached hydrogen (secondary N) is 2. The minimum atomic E-state index is -0.505. The molecule has 0 bridgehead atoms. The van der Waals surface area contributed by atoms with Gasteiger partial charge >= 0.3 is 0 Å². The fourth-order valence-electron chi connectivity index (χ4n) is 1.74. The molecule has 1 amide bonds. The van der Waals surface area contributed by atoms with Gasteiger partial charge < -0.3 is 5.32 Å². The SMILES string of the molecule is Cc1ccc(N/N=C/C(=O)Nc2ccccc2)c([N+](=O)[O-])c1. The maximum absolute atomic E-state index is 11.6. The number of hydrogen-bond donors (Lipinski definition) is 2. The number of carbonyl (C=O) groups is 1.